The van der Waals surface area contributed by atoms with Crippen molar-refractivity contribution in [2.24, 2.45) is 0 Å². The van der Waals surface area contributed by atoms with Gasteiger partial charge < -0.3 is 9.72 Å². The van der Waals surface area contributed by atoms with Gasteiger partial charge in [0, 0.05) is 26.5 Å². The molecule has 0 aliphatic rings. The van der Waals surface area contributed by atoms with Crippen molar-refractivity contribution in [3.05, 3.63) is 77.3 Å². The minimum Gasteiger partial charge on any atom is -0.497 e. The molecule has 24 heavy (non-hydrogen) atoms. The molecule has 0 fully saturated rings. The van der Waals surface area contributed by atoms with E-state index in [9.17, 15) is 0 Å². The summed E-state index contributed by atoms with van der Waals surface area (Å²) in [6, 6.07) is 24.9. The minimum absolute atomic E-state index is 0.862. The molecule has 0 atom stereocenters. The summed E-state index contributed by atoms with van der Waals surface area (Å²) in [5.41, 5.74) is 5.78. The summed E-state index contributed by atoms with van der Waals surface area (Å²) >= 11 is 3.68. The van der Waals surface area contributed by atoms with Crippen LogP contribution in [0.4, 0.5) is 0 Å². The molecule has 1 aromatic heterocycles. The predicted molar refractivity (Wildman–Crippen MR) is 103 cm³/mol. The number of para-hydroxylation sites is 1. The monoisotopic (exact) mass is 377 g/mol. The maximum Gasteiger partial charge on any atom is 0.118 e. The molecule has 1 N–H and O–H groups in total. The van der Waals surface area contributed by atoms with Crippen molar-refractivity contribution in [1.29, 1.82) is 0 Å². The van der Waals surface area contributed by atoms with Crippen molar-refractivity contribution in [1.82, 2.24) is 4.98 Å². The largest absolute Gasteiger partial charge is 0.497 e. The molecule has 2 nitrogen and oxygen atoms in total. The highest BCUT2D eigenvalue weighted by Crippen LogP contribution is 2.40. The van der Waals surface area contributed by atoms with Gasteiger partial charge in [-0.3, -0.25) is 0 Å². The molecule has 3 heteroatoms. The first kappa shape index (κ1) is 15.0. The fraction of sp³-hybridized carbons (Fsp3) is 0.0476. The summed E-state index contributed by atoms with van der Waals surface area (Å²) in [6.45, 7) is 0. The Hall–Kier alpha value is -2.52. The highest BCUT2D eigenvalue weighted by molar-refractivity contribution is 9.10. The lowest BCUT2D eigenvalue weighted by Gasteiger charge is -2.08. The molecule has 0 aliphatic carbocycles. The summed E-state index contributed by atoms with van der Waals surface area (Å²) in [4.78, 5) is 3.59. The summed E-state index contributed by atoms with van der Waals surface area (Å²) in [5.74, 6) is 0.862. The number of hydrogen-bond donors (Lipinski definition) is 1. The highest BCUT2D eigenvalue weighted by atomic mass is 79.9. The molecule has 4 aromatic rings. The van der Waals surface area contributed by atoms with Crippen LogP contribution in [0, 0.1) is 0 Å². The lowest BCUT2D eigenvalue weighted by atomic mass is 9.98. The number of H-pyrrole nitrogens is 1. The first-order chi connectivity index (χ1) is 11.8. The molecule has 0 bridgehead atoms. The number of fused-ring (bicyclic) bond motifs is 1. The molecule has 1 heterocycles. The van der Waals surface area contributed by atoms with E-state index in [1.807, 2.05) is 18.2 Å². The van der Waals surface area contributed by atoms with Crippen molar-refractivity contribution in [2.45, 2.75) is 0 Å². The quantitative estimate of drug-likeness (QED) is 0.446. The minimum atomic E-state index is 0.862. The van der Waals surface area contributed by atoms with Crippen molar-refractivity contribution in [3.8, 4) is 28.1 Å². The van der Waals surface area contributed by atoms with Crippen LogP contribution in [0.2, 0.25) is 0 Å². The van der Waals surface area contributed by atoms with E-state index in [4.69, 9.17) is 4.74 Å². The van der Waals surface area contributed by atoms with Crippen LogP contribution in [-0.4, -0.2) is 12.1 Å². The zero-order valence-electron chi connectivity index (χ0n) is 13.2. The topological polar surface area (TPSA) is 25.0 Å². The average molecular weight is 378 g/mol. The Morgan fingerprint density at radius 3 is 2.29 bits per heavy atom. The van der Waals surface area contributed by atoms with Gasteiger partial charge in [0.05, 0.1) is 12.8 Å². The fourth-order valence-corrected chi connectivity index (χ4v) is 3.55. The molecule has 0 saturated carbocycles. The van der Waals surface area contributed by atoms with E-state index in [1.54, 1.807) is 7.11 Å². The van der Waals surface area contributed by atoms with Crippen molar-refractivity contribution >= 4 is 26.8 Å². The number of ether oxygens (including phenoxy) is 1. The molecule has 118 valence electrons. The van der Waals surface area contributed by atoms with Gasteiger partial charge in [-0.05, 0) is 29.8 Å². The number of aromatic nitrogens is 1. The number of rotatable bonds is 3. The number of hydrogen-bond acceptors (Lipinski definition) is 1. The van der Waals surface area contributed by atoms with Crippen molar-refractivity contribution in [3.63, 3.8) is 0 Å². The third kappa shape index (κ3) is 2.51. The van der Waals surface area contributed by atoms with Gasteiger partial charge in [0.15, 0.2) is 0 Å². The van der Waals surface area contributed by atoms with Gasteiger partial charge in [0.1, 0.15) is 5.75 Å². The van der Waals surface area contributed by atoms with Gasteiger partial charge in [0.2, 0.25) is 0 Å². The lowest BCUT2D eigenvalue weighted by Crippen LogP contribution is -1.86. The molecular formula is C21H16BrNO. The van der Waals surface area contributed by atoms with Crippen LogP contribution >= 0.6 is 15.9 Å². The zero-order chi connectivity index (χ0) is 16.5. The van der Waals surface area contributed by atoms with Crippen LogP contribution < -0.4 is 4.74 Å². The number of benzene rings is 3. The first-order valence-electron chi connectivity index (χ1n) is 7.78. The molecule has 3 aromatic carbocycles. The van der Waals surface area contributed by atoms with Crippen molar-refractivity contribution in [2.75, 3.05) is 7.11 Å². The van der Waals surface area contributed by atoms with E-state index in [1.165, 1.54) is 16.5 Å². The van der Waals surface area contributed by atoms with Crippen LogP contribution in [0.25, 0.3) is 33.3 Å². The molecule has 0 amide bonds. The van der Waals surface area contributed by atoms with E-state index < -0.39 is 0 Å². The molecule has 0 spiro atoms. The number of nitrogens with one attached hydrogen (secondary N) is 1. The molecule has 0 radical (unpaired) electrons. The highest BCUT2D eigenvalue weighted by Gasteiger charge is 2.16. The second kappa shape index (κ2) is 6.17. The summed E-state index contributed by atoms with van der Waals surface area (Å²) in [5, 5.41) is 1.22. The van der Waals surface area contributed by atoms with Crippen LogP contribution in [0.5, 0.6) is 5.75 Å². The molecule has 0 aliphatic heterocycles. The van der Waals surface area contributed by atoms with Crippen molar-refractivity contribution < 1.29 is 4.74 Å². The predicted octanol–water partition coefficient (Wildman–Crippen LogP) is 6.27. The number of halogens is 1. The Bertz CT molecular complexity index is 1000. The third-order valence-electron chi connectivity index (χ3n) is 4.23. The summed E-state index contributed by atoms with van der Waals surface area (Å²) in [7, 11) is 1.69. The Kier molecular flexibility index (Phi) is 3.87. The van der Waals surface area contributed by atoms with Gasteiger partial charge in [0.25, 0.3) is 0 Å². The Labute approximate surface area is 149 Å². The summed E-state index contributed by atoms with van der Waals surface area (Å²) in [6.07, 6.45) is 0. The van der Waals surface area contributed by atoms with E-state index >= 15 is 0 Å². The second-order valence-electron chi connectivity index (χ2n) is 5.63. The van der Waals surface area contributed by atoms with E-state index in [2.05, 4.69) is 75.5 Å². The van der Waals surface area contributed by atoms with E-state index in [0.717, 1.165) is 27.0 Å². The van der Waals surface area contributed by atoms with Gasteiger partial charge in [-0.2, -0.15) is 0 Å². The Morgan fingerprint density at radius 2 is 1.54 bits per heavy atom. The molecular weight excluding hydrogens is 362 g/mol. The van der Waals surface area contributed by atoms with Gasteiger partial charge in [-0.15, -0.1) is 0 Å². The standard InChI is InChI=1S/C21H16BrNO/c1-24-15-12-10-14(11-13-15)20-17-7-3-5-9-19(17)23-21(20)16-6-2-4-8-18(16)22/h2-13,23H,1H3. The SMILES string of the molecule is COc1ccc(-c2c(-c3ccccc3Br)[nH]c3ccccc23)cc1. The maximum atomic E-state index is 5.29. The molecule has 4 rings (SSSR count). The summed E-state index contributed by atoms with van der Waals surface area (Å²) < 4.78 is 6.37. The second-order valence-corrected chi connectivity index (χ2v) is 6.48. The van der Waals surface area contributed by atoms with Crippen LogP contribution in [0.3, 0.4) is 0 Å². The van der Waals surface area contributed by atoms with Gasteiger partial charge in [-0.1, -0.05) is 64.5 Å². The average Bonchev–Trinajstić information content (AvgIpc) is 3.01. The Morgan fingerprint density at radius 1 is 0.833 bits per heavy atom. The van der Waals surface area contributed by atoms with E-state index in [-0.39, 0.29) is 0 Å². The molecule has 0 saturated heterocycles. The van der Waals surface area contributed by atoms with Crippen LogP contribution in [-0.2, 0) is 0 Å². The lowest BCUT2D eigenvalue weighted by molar-refractivity contribution is 0.415. The normalized spacial score (nSPS) is 10.9. The zero-order valence-corrected chi connectivity index (χ0v) is 14.8. The fourth-order valence-electron chi connectivity index (χ4n) is 3.07. The molecule has 0 unspecified atom stereocenters. The number of aromatic amines is 1. The first-order valence-corrected chi connectivity index (χ1v) is 8.57. The van der Waals surface area contributed by atoms with Crippen LogP contribution in [0.15, 0.2) is 77.3 Å². The number of methoxy groups -OCH3 is 1. The van der Waals surface area contributed by atoms with Crippen LogP contribution in [0.1, 0.15) is 0 Å². The smallest absolute Gasteiger partial charge is 0.118 e. The van der Waals surface area contributed by atoms with Gasteiger partial charge >= 0.3 is 0 Å². The van der Waals surface area contributed by atoms with E-state index in [0.29, 0.717) is 0 Å². The Balaban J connectivity index is 2.01. The van der Waals surface area contributed by atoms with Gasteiger partial charge in [-0.25, -0.2) is 0 Å². The maximum absolute atomic E-state index is 5.29. The third-order valence-corrected chi connectivity index (χ3v) is 4.92.